The molecule has 2 saturated carbocycles. The smallest absolute Gasteiger partial charge is 0.251 e. The van der Waals surface area contributed by atoms with Crippen molar-refractivity contribution in [2.75, 3.05) is 26.3 Å². The van der Waals surface area contributed by atoms with Gasteiger partial charge in [0.15, 0.2) is 0 Å². The maximum Gasteiger partial charge on any atom is 0.251 e. The second-order valence-electron chi connectivity index (χ2n) is 10.4. The van der Waals surface area contributed by atoms with Gasteiger partial charge in [-0.1, -0.05) is 40.2 Å². The molecule has 0 radical (unpaired) electrons. The number of hydrogen-bond donors (Lipinski definition) is 1. The van der Waals surface area contributed by atoms with Crippen LogP contribution in [0, 0.1) is 16.7 Å². The second-order valence-corrected chi connectivity index (χ2v) is 12.3. The quantitative estimate of drug-likeness (QED) is 0.721. The highest BCUT2D eigenvalue weighted by Gasteiger charge is 2.59. The summed E-state index contributed by atoms with van der Waals surface area (Å²) in [6.45, 7) is 10.3. The lowest BCUT2D eigenvalue weighted by atomic mass is 9.68. The molecule has 1 heterocycles. The molecule has 7 heteroatoms. The zero-order valence-corrected chi connectivity index (χ0v) is 20.1. The molecule has 1 saturated heterocycles. The van der Waals surface area contributed by atoms with Crippen LogP contribution in [0.1, 0.15) is 69.3 Å². The predicted molar refractivity (Wildman–Crippen MR) is 120 cm³/mol. The van der Waals surface area contributed by atoms with Gasteiger partial charge in [-0.15, -0.1) is 0 Å². The van der Waals surface area contributed by atoms with Gasteiger partial charge in [-0.3, -0.25) is 4.79 Å². The molecular formula is C24H36N2O4S. The summed E-state index contributed by atoms with van der Waals surface area (Å²) in [7, 11) is -3.67. The second kappa shape index (κ2) is 8.16. The van der Waals surface area contributed by atoms with Crippen molar-refractivity contribution in [3.05, 3.63) is 29.3 Å². The molecule has 31 heavy (non-hydrogen) atoms. The zero-order valence-electron chi connectivity index (χ0n) is 19.2. The average molecular weight is 449 g/mol. The molecule has 4 rings (SSSR count). The molecule has 1 N–H and O–H groups in total. The van der Waals surface area contributed by atoms with Crippen LogP contribution >= 0.6 is 0 Å². The van der Waals surface area contributed by atoms with E-state index >= 15 is 0 Å². The molecule has 1 amide bonds. The highest BCUT2D eigenvalue weighted by molar-refractivity contribution is 7.89. The largest absolute Gasteiger partial charge is 0.379 e. The van der Waals surface area contributed by atoms with E-state index in [-0.39, 0.29) is 27.7 Å². The fraction of sp³-hybridized carbons (Fsp3) is 0.708. The summed E-state index contributed by atoms with van der Waals surface area (Å²) in [5.41, 5.74) is 1.37. The topological polar surface area (TPSA) is 75.7 Å². The minimum Gasteiger partial charge on any atom is -0.379 e. The monoisotopic (exact) mass is 448 g/mol. The lowest BCUT2D eigenvalue weighted by Crippen LogP contribution is -2.52. The molecule has 0 aromatic heterocycles. The lowest BCUT2D eigenvalue weighted by Gasteiger charge is -2.43. The Bertz CT molecular complexity index is 948. The van der Waals surface area contributed by atoms with Crippen molar-refractivity contribution >= 4 is 15.9 Å². The van der Waals surface area contributed by atoms with Crippen molar-refractivity contribution in [3.8, 4) is 0 Å². The minimum atomic E-state index is -3.67. The van der Waals surface area contributed by atoms with Crippen molar-refractivity contribution in [1.82, 2.24) is 9.62 Å². The van der Waals surface area contributed by atoms with Gasteiger partial charge in [0.05, 0.1) is 18.1 Å². The molecule has 2 bridgehead atoms. The van der Waals surface area contributed by atoms with E-state index in [4.69, 9.17) is 4.74 Å². The highest BCUT2D eigenvalue weighted by atomic mass is 32.2. The van der Waals surface area contributed by atoms with E-state index in [0.717, 1.165) is 24.8 Å². The Kier molecular flexibility index (Phi) is 5.99. The van der Waals surface area contributed by atoms with Crippen LogP contribution in [0.3, 0.4) is 0 Å². The molecule has 3 fully saturated rings. The number of benzene rings is 1. The first-order valence-electron chi connectivity index (χ1n) is 11.6. The molecule has 172 valence electrons. The third-order valence-electron chi connectivity index (χ3n) is 7.98. The van der Waals surface area contributed by atoms with Crippen molar-refractivity contribution in [2.45, 2.75) is 70.7 Å². The maximum absolute atomic E-state index is 13.4. The SMILES string of the molecule is CCCc1ccc(C(=O)NC2C(C)(C)[C@@H]3CC[C@]2(C)C3)cc1S(=O)(=O)N1CCOCC1. The Balaban J connectivity index is 1.63. The van der Waals surface area contributed by atoms with Crippen molar-refractivity contribution in [3.63, 3.8) is 0 Å². The average Bonchev–Trinajstić information content (AvgIpc) is 3.23. The number of rotatable bonds is 6. The van der Waals surface area contributed by atoms with E-state index in [1.165, 1.54) is 10.7 Å². The normalized spacial score (nSPS) is 30.5. The first-order chi connectivity index (χ1) is 14.6. The van der Waals surface area contributed by atoms with Crippen molar-refractivity contribution < 1.29 is 17.9 Å². The Hall–Kier alpha value is -1.44. The summed E-state index contributed by atoms with van der Waals surface area (Å²) in [5.74, 6) is 0.459. The standard InChI is InChI=1S/C24H36N2O4S/c1-5-6-17-7-8-18(15-20(17)31(28,29)26-11-13-30-14-12-26)21(27)25-22-23(2,3)19-9-10-24(22,4)16-19/h7-8,15,19,22H,5-6,9-14,16H2,1-4H3,(H,25,27)/t19-,22?,24-/m1/s1. The van der Waals surface area contributed by atoms with Crippen LogP contribution in [0.2, 0.25) is 0 Å². The van der Waals surface area contributed by atoms with E-state index in [0.29, 0.717) is 44.2 Å². The number of sulfonamides is 1. The molecule has 1 aromatic rings. The number of morpholine rings is 1. The molecule has 3 aliphatic rings. The number of carbonyl (C=O) groups excluding carboxylic acids is 1. The number of fused-ring (bicyclic) bond motifs is 2. The van der Waals surface area contributed by atoms with E-state index < -0.39 is 10.0 Å². The van der Waals surface area contributed by atoms with Crippen LogP contribution in [0.25, 0.3) is 0 Å². The number of ether oxygens (including phenoxy) is 1. The van der Waals surface area contributed by atoms with Gasteiger partial charge in [0.25, 0.3) is 5.91 Å². The molecule has 0 spiro atoms. The maximum atomic E-state index is 13.4. The van der Waals surface area contributed by atoms with Gasteiger partial charge in [0.2, 0.25) is 10.0 Å². The number of nitrogens with one attached hydrogen (secondary N) is 1. The van der Waals surface area contributed by atoms with Gasteiger partial charge in [0, 0.05) is 24.7 Å². The third kappa shape index (κ3) is 3.93. The first kappa shape index (κ1) is 22.7. The van der Waals surface area contributed by atoms with Crippen LogP contribution < -0.4 is 5.32 Å². The van der Waals surface area contributed by atoms with Crippen molar-refractivity contribution in [1.29, 1.82) is 0 Å². The summed E-state index contributed by atoms with van der Waals surface area (Å²) in [5, 5.41) is 3.30. The van der Waals surface area contributed by atoms with Crippen LogP contribution in [-0.4, -0.2) is 51.0 Å². The number of amides is 1. The van der Waals surface area contributed by atoms with E-state index in [2.05, 4.69) is 26.1 Å². The summed E-state index contributed by atoms with van der Waals surface area (Å²) in [4.78, 5) is 13.6. The van der Waals surface area contributed by atoms with Crippen LogP contribution in [0.5, 0.6) is 0 Å². The van der Waals surface area contributed by atoms with Crippen LogP contribution in [-0.2, 0) is 21.2 Å². The number of nitrogens with zero attached hydrogens (tertiary/aromatic N) is 1. The number of hydrogen-bond acceptors (Lipinski definition) is 4. The van der Waals surface area contributed by atoms with E-state index in [1.54, 1.807) is 12.1 Å². The molecule has 1 aliphatic heterocycles. The Morgan fingerprint density at radius 2 is 1.94 bits per heavy atom. The summed E-state index contributed by atoms with van der Waals surface area (Å²) >= 11 is 0. The lowest BCUT2D eigenvalue weighted by molar-refractivity contribution is 0.0728. The molecular weight excluding hydrogens is 412 g/mol. The summed E-state index contributed by atoms with van der Waals surface area (Å²) in [6, 6.07) is 5.29. The Labute approximate surface area is 186 Å². The number of carbonyl (C=O) groups is 1. The van der Waals surface area contributed by atoms with Crippen LogP contribution in [0.4, 0.5) is 0 Å². The molecule has 2 aliphatic carbocycles. The molecule has 1 aromatic carbocycles. The van der Waals surface area contributed by atoms with Gasteiger partial charge < -0.3 is 10.1 Å². The molecule has 3 atom stereocenters. The number of aryl methyl sites for hydroxylation is 1. The molecule has 1 unspecified atom stereocenters. The Morgan fingerprint density at radius 1 is 1.23 bits per heavy atom. The minimum absolute atomic E-state index is 0.0491. The van der Waals surface area contributed by atoms with Gasteiger partial charge in [-0.25, -0.2) is 8.42 Å². The highest BCUT2D eigenvalue weighted by Crippen LogP contribution is 2.62. The van der Waals surface area contributed by atoms with E-state index in [9.17, 15) is 13.2 Å². The van der Waals surface area contributed by atoms with Crippen molar-refractivity contribution in [2.24, 2.45) is 16.7 Å². The van der Waals surface area contributed by atoms with Gasteiger partial charge in [-0.2, -0.15) is 4.31 Å². The molecule has 6 nitrogen and oxygen atoms in total. The summed E-state index contributed by atoms with van der Waals surface area (Å²) in [6.07, 6.45) is 5.02. The van der Waals surface area contributed by atoms with Gasteiger partial charge in [-0.05, 0) is 60.1 Å². The zero-order chi connectivity index (χ0) is 22.4. The predicted octanol–water partition coefficient (Wildman–Crippen LogP) is 3.60. The Morgan fingerprint density at radius 3 is 2.55 bits per heavy atom. The summed E-state index contributed by atoms with van der Waals surface area (Å²) < 4.78 is 33.6. The fourth-order valence-corrected chi connectivity index (χ4v) is 7.90. The third-order valence-corrected chi connectivity index (χ3v) is 9.96. The van der Waals surface area contributed by atoms with Gasteiger partial charge in [0.1, 0.15) is 0 Å². The first-order valence-corrected chi connectivity index (χ1v) is 13.1. The van der Waals surface area contributed by atoms with Crippen LogP contribution in [0.15, 0.2) is 23.1 Å². The van der Waals surface area contributed by atoms with Gasteiger partial charge >= 0.3 is 0 Å². The van der Waals surface area contributed by atoms with E-state index in [1.807, 2.05) is 13.0 Å². The fourth-order valence-electron chi connectivity index (χ4n) is 6.21.